The molecule has 1 rings (SSSR count). The number of hydrogen-bond acceptors (Lipinski definition) is 4. The highest BCUT2D eigenvalue weighted by Crippen LogP contribution is 2.37. The van der Waals surface area contributed by atoms with Gasteiger partial charge in [-0.3, -0.25) is 0 Å². The normalized spacial score (nSPS) is 12.6. The fourth-order valence-electron chi connectivity index (χ4n) is 1.23. The van der Waals surface area contributed by atoms with Crippen LogP contribution in [-0.4, -0.2) is 23.9 Å². The maximum Gasteiger partial charge on any atom is 0.197 e. The van der Waals surface area contributed by atoms with Crippen LogP contribution < -0.4 is 10.5 Å². The second-order valence-corrected chi connectivity index (χ2v) is 2.89. The quantitative estimate of drug-likeness (QED) is 0.698. The molecule has 0 bridgehead atoms. The maximum absolute atomic E-state index is 13.2. The van der Waals surface area contributed by atoms with E-state index in [2.05, 4.69) is 4.74 Å². The predicted molar refractivity (Wildman–Crippen MR) is 48.6 cm³/mol. The van der Waals surface area contributed by atoms with Crippen LogP contribution in [0.5, 0.6) is 11.5 Å². The van der Waals surface area contributed by atoms with E-state index in [-0.39, 0.29) is 6.54 Å². The molecule has 6 heteroatoms. The summed E-state index contributed by atoms with van der Waals surface area (Å²) < 4.78 is 30.7. The van der Waals surface area contributed by atoms with Gasteiger partial charge in [0.2, 0.25) is 0 Å². The van der Waals surface area contributed by atoms with Gasteiger partial charge in [-0.15, -0.1) is 0 Å². The van der Waals surface area contributed by atoms with Gasteiger partial charge in [0.1, 0.15) is 5.82 Å². The van der Waals surface area contributed by atoms with Crippen molar-refractivity contribution in [3.05, 3.63) is 23.3 Å². The van der Waals surface area contributed by atoms with Gasteiger partial charge in [-0.1, -0.05) is 0 Å². The molecule has 0 spiro atoms. The molecule has 0 heterocycles. The lowest BCUT2D eigenvalue weighted by atomic mass is 10.1. The van der Waals surface area contributed by atoms with E-state index in [9.17, 15) is 19.0 Å². The number of aliphatic hydroxyl groups is 1. The summed E-state index contributed by atoms with van der Waals surface area (Å²) in [6.07, 6.45) is -1.40. The van der Waals surface area contributed by atoms with Crippen molar-refractivity contribution in [3.8, 4) is 11.5 Å². The van der Waals surface area contributed by atoms with Gasteiger partial charge >= 0.3 is 0 Å². The Morgan fingerprint density at radius 3 is 2.53 bits per heavy atom. The third-order valence-corrected chi connectivity index (χ3v) is 1.96. The lowest BCUT2D eigenvalue weighted by Crippen LogP contribution is -2.14. The van der Waals surface area contributed by atoms with Gasteiger partial charge < -0.3 is 20.7 Å². The van der Waals surface area contributed by atoms with Crippen molar-refractivity contribution in [1.29, 1.82) is 0 Å². The van der Waals surface area contributed by atoms with E-state index in [0.717, 1.165) is 7.11 Å². The van der Waals surface area contributed by atoms with Gasteiger partial charge in [0.25, 0.3) is 0 Å². The lowest BCUT2D eigenvalue weighted by molar-refractivity contribution is 0.175. The van der Waals surface area contributed by atoms with Gasteiger partial charge in [0, 0.05) is 12.6 Å². The highest BCUT2D eigenvalue weighted by molar-refractivity contribution is 5.48. The monoisotopic (exact) mass is 219 g/mol. The van der Waals surface area contributed by atoms with Crippen molar-refractivity contribution in [2.75, 3.05) is 13.7 Å². The second-order valence-electron chi connectivity index (χ2n) is 2.89. The van der Waals surface area contributed by atoms with Crippen molar-refractivity contribution in [2.45, 2.75) is 6.10 Å². The van der Waals surface area contributed by atoms with Crippen LogP contribution in [0, 0.1) is 11.6 Å². The molecular weight excluding hydrogens is 208 g/mol. The number of hydrogen-bond donors (Lipinski definition) is 3. The summed E-state index contributed by atoms with van der Waals surface area (Å²) in [4.78, 5) is 0. The van der Waals surface area contributed by atoms with Crippen LogP contribution in [0.3, 0.4) is 0 Å². The Kier molecular flexibility index (Phi) is 3.43. The van der Waals surface area contributed by atoms with Crippen LogP contribution in [0.15, 0.2) is 6.07 Å². The molecule has 1 atom stereocenters. The molecule has 0 aromatic heterocycles. The van der Waals surface area contributed by atoms with Crippen LogP contribution in [0.4, 0.5) is 8.78 Å². The SMILES string of the molecule is COc1c(F)cc(F)c(C(O)CN)c1O. The second kappa shape index (κ2) is 4.41. The molecule has 1 unspecified atom stereocenters. The zero-order valence-corrected chi connectivity index (χ0v) is 8.00. The molecule has 15 heavy (non-hydrogen) atoms. The molecule has 0 radical (unpaired) electrons. The van der Waals surface area contributed by atoms with E-state index in [4.69, 9.17) is 5.73 Å². The molecule has 0 amide bonds. The summed E-state index contributed by atoms with van der Waals surface area (Å²) in [7, 11) is 1.12. The summed E-state index contributed by atoms with van der Waals surface area (Å²) in [5, 5.41) is 18.7. The van der Waals surface area contributed by atoms with Crippen LogP contribution in [0.1, 0.15) is 11.7 Å². The first kappa shape index (κ1) is 11.7. The summed E-state index contributed by atoms with van der Waals surface area (Å²) in [5.41, 5.74) is 4.65. The van der Waals surface area contributed by atoms with Crippen LogP contribution in [0.25, 0.3) is 0 Å². The van der Waals surface area contributed by atoms with Crippen molar-refractivity contribution in [3.63, 3.8) is 0 Å². The molecule has 4 nitrogen and oxygen atoms in total. The number of benzene rings is 1. The average molecular weight is 219 g/mol. The summed E-state index contributed by atoms with van der Waals surface area (Å²) in [5.74, 6) is -3.39. The van der Waals surface area contributed by atoms with Gasteiger partial charge in [-0.25, -0.2) is 8.78 Å². The van der Waals surface area contributed by atoms with Crippen molar-refractivity contribution >= 4 is 0 Å². The van der Waals surface area contributed by atoms with E-state index < -0.39 is 34.8 Å². The molecule has 1 aromatic carbocycles. The maximum atomic E-state index is 13.2. The van der Waals surface area contributed by atoms with E-state index >= 15 is 0 Å². The summed E-state index contributed by atoms with van der Waals surface area (Å²) in [6.45, 7) is -0.292. The topological polar surface area (TPSA) is 75.7 Å². The smallest absolute Gasteiger partial charge is 0.197 e. The number of halogens is 2. The minimum atomic E-state index is -1.40. The Bertz CT molecular complexity index is 371. The first-order valence-corrected chi connectivity index (χ1v) is 4.15. The Morgan fingerprint density at radius 1 is 1.47 bits per heavy atom. The number of phenols is 1. The number of methoxy groups -OCH3 is 1. The molecule has 4 N–H and O–H groups in total. The number of nitrogens with two attached hydrogens (primary N) is 1. The van der Waals surface area contributed by atoms with Gasteiger partial charge in [-0.05, 0) is 0 Å². The summed E-state index contributed by atoms with van der Waals surface area (Å²) in [6, 6.07) is 0.521. The Labute approximate surface area is 84.9 Å². The molecule has 0 fully saturated rings. The Balaban J connectivity index is 3.38. The van der Waals surface area contributed by atoms with E-state index in [0.29, 0.717) is 6.07 Å². The van der Waals surface area contributed by atoms with Crippen LogP contribution in [-0.2, 0) is 0 Å². The molecule has 0 saturated carbocycles. The Morgan fingerprint density at radius 2 is 2.07 bits per heavy atom. The molecule has 0 aliphatic rings. The number of phenolic OH excluding ortho intramolecular Hbond substituents is 1. The van der Waals surface area contributed by atoms with Crippen molar-refractivity contribution in [2.24, 2.45) is 5.73 Å². The first-order chi connectivity index (χ1) is 7.02. The number of rotatable bonds is 3. The van der Waals surface area contributed by atoms with Gasteiger partial charge in [0.15, 0.2) is 17.3 Å². The molecular formula is C9H11F2NO3. The van der Waals surface area contributed by atoms with Gasteiger partial charge in [-0.2, -0.15) is 0 Å². The summed E-state index contributed by atoms with van der Waals surface area (Å²) >= 11 is 0. The zero-order valence-electron chi connectivity index (χ0n) is 8.00. The number of ether oxygens (including phenoxy) is 1. The lowest BCUT2D eigenvalue weighted by Gasteiger charge is -2.14. The molecule has 0 aliphatic carbocycles. The minimum Gasteiger partial charge on any atom is -0.504 e. The zero-order chi connectivity index (χ0) is 11.6. The van der Waals surface area contributed by atoms with Gasteiger partial charge in [0.05, 0.1) is 18.8 Å². The molecule has 0 aliphatic heterocycles. The third kappa shape index (κ3) is 2.00. The number of aliphatic hydroxyl groups excluding tert-OH is 1. The van der Waals surface area contributed by atoms with Crippen LogP contribution in [0.2, 0.25) is 0 Å². The predicted octanol–water partition coefficient (Wildman–Crippen LogP) is 0.671. The number of aromatic hydroxyl groups is 1. The minimum absolute atomic E-state index is 0.292. The highest BCUT2D eigenvalue weighted by atomic mass is 19.1. The van der Waals surface area contributed by atoms with Crippen molar-refractivity contribution < 1.29 is 23.7 Å². The fourth-order valence-corrected chi connectivity index (χ4v) is 1.23. The Hall–Kier alpha value is -1.40. The average Bonchev–Trinajstić information content (AvgIpc) is 2.17. The third-order valence-electron chi connectivity index (χ3n) is 1.96. The van der Waals surface area contributed by atoms with E-state index in [1.165, 1.54) is 0 Å². The standard InChI is InChI=1S/C9H11F2NO3/c1-15-9-5(11)2-4(10)7(8(9)14)6(13)3-12/h2,6,13-14H,3,12H2,1H3. The molecule has 1 aromatic rings. The largest absolute Gasteiger partial charge is 0.504 e. The van der Waals surface area contributed by atoms with E-state index in [1.54, 1.807) is 0 Å². The highest BCUT2D eigenvalue weighted by Gasteiger charge is 2.23. The molecule has 84 valence electrons. The van der Waals surface area contributed by atoms with Crippen LogP contribution >= 0.6 is 0 Å². The molecule has 0 saturated heterocycles. The van der Waals surface area contributed by atoms with Crippen molar-refractivity contribution in [1.82, 2.24) is 0 Å². The fraction of sp³-hybridized carbons (Fsp3) is 0.333. The van der Waals surface area contributed by atoms with E-state index in [1.807, 2.05) is 0 Å². The first-order valence-electron chi connectivity index (χ1n) is 4.15.